The van der Waals surface area contributed by atoms with Crippen molar-refractivity contribution in [3.05, 3.63) is 0 Å². The maximum Gasteiger partial charge on any atom is 0.326 e. The Kier molecular flexibility index (Phi) is 7.50. The normalized spacial score (nSPS) is 11.7. The minimum absolute atomic E-state index is 0.127. The molecule has 0 saturated carbocycles. The van der Waals surface area contributed by atoms with E-state index in [1.807, 2.05) is 6.92 Å². The smallest absolute Gasteiger partial charge is 0.326 e. The molecule has 0 aliphatic heterocycles. The number of rotatable bonds is 8. The van der Waals surface area contributed by atoms with Crippen LogP contribution in [-0.4, -0.2) is 52.7 Å². The van der Waals surface area contributed by atoms with Gasteiger partial charge in [0.25, 0.3) is 0 Å². The number of carbonyl (C=O) groups excluding carboxylic acids is 1. The van der Waals surface area contributed by atoms with Crippen LogP contribution in [0.5, 0.6) is 0 Å². The zero-order chi connectivity index (χ0) is 14.1. The molecule has 1 atom stereocenters. The highest BCUT2D eigenvalue weighted by molar-refractivity contribution is 5.82. The van der Waals surface area contributed by atoms with E-state index in [4.69, 9.17) is 10.2 Å². The quantitative estimate of drug-likeness (QED) is 0.597. The molecule has 0 fully saturated rings. The van der Waals surface area contributed by atoms with Crippen molar-refractivity contribution >= 4 is 18.0 Å². The van der Waals surface area contributed by atoms with Gasteiger partial charge in [-0.15, -0.1) is 0 Å². The van der Waals surface area contributed by atoms with Gasteiger partial charge in [-0.3, -0.25) is 4.79 Å². The van der Waals surface area contributed by atoms with Crippen LogP contribution in [0.15, 0.2) is 0 Å². The van der Waals surface area contributed by atoms with Crippen LogP contribution in [0.25, 0.3) is 0 Å². The first-order valence-corrected chi connectivity index (χ1v) is 5.84. The Balaban J connectivity index is 4.26. The van der Waals surface area contributed by atoms with Crippen LogP contribution in [-0.2, 0) is 9.59 Å². The topological polar surface area (TPSA) is 107 Å². The standard InChI is InChI=1S/C11H20N2O5/c1-3-4-7-13(2)11(18)12-8(10(16)17)5-6-9(14)15/h8H,3-7H2,1-2H3,(H,12,18)(H,14,15)(H,16,17)/t8-/m0/s1. The molecular weight excluding hydrogens is 240 g/mol. The van der Waals surface area contributed by atoms with Crippen molar-refractivity contribution in [3.63, 3.8) is 0 Å². The van der Waals surface area contributed by atoms with Crippen LogP contribution in [0, 0.1) is 0 Å². The van der Waals surface area contributed by atoms with Gasteiger partial charge in [-0.2, -0.15) is 0 Å². The molecule has 0 spiro atoms. The molecule has 0 rings (SSSR count). The number of carboxylic acid groups (broad SMARTS) is 2. The third-order valence-corrected chi connectivity index (χ3v) is 2.44. The zero-order valence-electron chi connectivity index (χ0n) is 10.7. The molecule has 7 nitrogen and oxygen atoms in total. The van der Waals surface area contributed by atoms with Crippen molar-refractivity contribution < 1.29 is 24.6 Å². The fraction of sp³-hybridized carbons (Fsp3) is 0.727. The summed E-state index contributed by atoms with van der Waals surface area (Å²) < 4.78 is 0. The molecule has 18 heavy (non-hydrogen) atoms. The fourth-order valence-electron chi connectivity index (χ4n) is 1.28. The Hall–Kier alpha value is -1.79. The van der Waals surface area contributed by atoms with Gasteiger partial charge in [-0.25, -0.2) is 9.59 Å². The van der Waals surface area contributed by atoms with Crippen molar-refractivity contribution in [2.75, 3.05) is 13.6 Å². The average Bonchev–Trinajstić information content (AvgIpc) is 2.30. The first kappa shape index (κ1) is 16.2. The van der Waals surface area contributed by atoms with Crippen molar-refractivity contribution in [3.8, 4) is 0 Å². The number of amides is 2. The van der Waals surface area contributed by atoms with Crippen molar-refractivity contribution in [1.29, 1.82) is 0 Å². The third-order valence-electron chi connectivity index (χ3n) is 2.44. The molecule has 0 aliphatic carbocycles. The Morgan fingerprint density at radius 2 is 1.89 bits per heavy atom. The molecule has 3 N–H and O–H groups in total. The lowest BCUT2D eigenvalue weighted by molar-refractivity contribution is -0.140. The number of aliphatic carboxylic acids is 2. The largest absolute Gasteiger partial charge is 0.481 e. The van der Waals surface area contributed by atoms with E-state index in [0.717, 1.165) is 12.8 Å². The van der Waals surface area contributed by atoms with Crippen LogP contribution in [0.4, 0.5) is 4.79 Å². The number of unbranched alkanes of at least 4 members (excludes halogenated alkanes) is 1. The van der Waals surface area contributed by atoms with Gasteiger partial charge >= 0.3 is 18.0 Å². The summed E-state index contributed by atoms with van der Waals surface area (Å²) in [5, 5.41) is 19.7. The van der Waals surface area contributed by atoms with Gasteiger partial charge in [-0.05, 0) is 12.8 Å². The van der Waals surface area contributed by atoms with Gasteiger partial charge in [0.2, 0.25) is 0 Å². The summed E-state index contributed by atoms with van der Waals surface area (Å²) in [4.78, 5) is 34.2. The molecule has 0 aromatic heterocycles. The van der Waals surface area contributed by atoms with E-state index in [-0.39, 0.29) is 12.8 Å². The predicted octanol–water partition coefficient (Wildman–Crippen LogP) is 0.746. The van der Waals surface area contributed by atoms with Crippen molar-refractivity contribution in [1.82, 2.24) is 10.2 Å². The Morgan fingerprint density at radius 1 is 1.28 bits per heavy atom. The molecule has 2 amide bonds. The van der Waals surface area contributed by atoms with Gasteiger partial charge in [-0.1, -0.05) is 13.3 Å². The van der Waals surface area contributed by atoms with Crippen LogP contribution in [0.1, 0.15) is 32.6 Å². The van der Waals surface area contributed by atoms with Crippen LogP contribution < -0.4 is 5.32 Å². The van der Waals surface area contributed by atoms with Gasteiger partial charge < -0.3 is 20.4 Å². The maximum absolute atomic E-state index is 11.6. The minimum Gasteiger partial charge on any atom is -0.481 e. The molecule has 0 heterocycles. The Labute approximate surface area is 106 Å². The summed E-state index contributed by atoms with van der Waals surface area (Å²) in [6, 6.07) is -1.67. The Bertz CT molecular complexity index is 306. The van der Waals surface area contributed by atoms with E-state index in [0.29, 0.717) is 6.54 Å². The molecule has 0 aliphatic rings. The number of hydrogen-bond donors (Lipinski definition) is 3. The number of urea groups is 1. The van der Waals surface area contributed by atoms with E-state index in [9.17, 15) is 14.4 Å². The third kappa shape index (κ3) is 6.72. The number of hydrogen-bond acceptors (Lipinski definition) is 3. The van der Waals surface area contributed by atoms with Crippen LogP contribution >= 0.6 is 0 Å². The molecule has 0 radical (unpaired) electrons. The highest BCUT2D eigenvalue weighted by atomic mass is 16.4. The lowest BCUT2D eigenvalue weighted by atomic mass is 10.1. The SMILES string of the molecule is CCCCN(C)C(=O)N[C@@H](CCC(=O)O)C(=O)O. The van der Waals surface area contributed by atoms with Gasteiger partial charge in [0.1, 0.15) is 6.04 Å². The fourth-order valence-corrected chi connectivity index (χ4v) is 1.28. The first-order valence-electron chi connectivity index (χ1n) is 5.84. The average molecular weight is 260 g/mol. The molecule has 0 bridgehead atoms. The summed E-state index contributed by atoms with van der Waals surface area (Å²) in [6.07, 6.45) is 1.34. The van der Waals surface area contributed by atoms with E-state index in [2.05, 4.69) is 5.32 Å². The lowest BCUT2D eigenvalue weighted by Gasteiger charge is -2.20. The molecule has 0 unspecified atom stereocenters. The monoisotopic (exact) mass is 260 g/mol. The molecule has 104 valence electrons. The second-order valence-electron chi connectivity index (χ2n) is 4.05. The summed E-state index contributed by atoms with van der Waals surface area (Å²) >= 11 is 0. The van der Waals surface area contributed by atoms with Gasteiger partial charge in [0.15, 0.2) is 0 Å². The van der Waals surface area contributed by atoms with E-state index in [1.54, 1.807) is 7.05 Å². The summed E-state index contributed by atoms with van der Waals surface area (Å²) in [7, 11) is 1.57. The second-order valence-corrected chi connectivity index (χ2v) is 4.05. The number of carbonyl (C=O) groups is 3. The highest BCUT2D eigenvalue weighted by Gasteiger charge is 2.22. The first-order chi connectivity index (χ1) is 8.38. The highest BCUT2D eigenvalue weighted by Crippen LogP contribution is 2.00. The Morgan fingerprint density at radius 3 is 2.33 bits per heavy atom. The molecule has 0 aromatic rings. The van der Waals surface area contributed by atoms with Crippen molar-refractivity contribution in [2.24, 2.45) is 0 Å². The molecular formula is C11H20N2O5. The molecule has 0 saturated heterocycles. The zero-order valence-corrected chi connectivity index (χ0v) is 10.7. The van der Waals surface area contributed by atoms with Crippen LogP contribution in [0.2, 0.25) is 0 Å². The summed E-state index contributed by atoms with van der Waals surface area (Å²) in [5.74, 6) is -2.32. The summed E-state index contributed by atoms with van der Waals surface area (Å²) in [6.45, 7) is 2.52. The lowest BCUT2D eigenvalue weighted by Crippen LogP contribution is -2.47. The predicted molar refractivity (Wildman–Crippen MR) is 64.4 cm³/mol. The summed E-state index contributed by atoms with van der Waals surface area (Å²) in [5.41, 5.74) is 0. The molecule has 0 aromatic carbocycles. The van der Waals surface area contributed by atoms with Crippen molar-refractivity contribution in [2.45, 2.75) is 38.6 Å². The van der Waals surface area contributed by atoms with Gasteiger partial charge in [0.05, 0.1) is 0 Å². The van der Waals surface area contributed by atoms with E-state index in [1.165, 1.54) is 4.90 Å². The van der Waals surface area contributed by atoms with E-state index < -0.39 is 24.0 Å². The minimum atomic E-state index is -1.23. The maximum atomic E-state index is 11.6. The van der Waals surface area contributed by atoms with E-state index >= 15 is 0 Å². The number of carboxylic acids is 2. The number of nitrogens with one attached hydrogen (secondary N) is 1. The van der Waals surface area contributed by atoms with Crippen LogP contribution in [0.3, 0.4) is 0 Å². The van der Waals surface area contributed by atoms with Gasteiger partial charge in [0, 0.05) is 20.0 Å². The number of nitrogens with zero attached hydrogens (tertiary/aromatic N) is 1. The molecule has 7 heteroatoms. The second kappa shape index (κ2) is 8.32.